The third-order valence-electron chi connectivity index (χ3n) is 3.05. The van der Waals surface area contributed by atoms with Crippen molar-refractivity contribution in [1.29, 1.82) is 0 Å². The average Bonchev–Trinajstić information content (AvgIpc) is 2.50. The number of aliphatic hydroxyl groups excluding tert-OH is 1. The molecule has 0 spiro atoms. The van der Waals surface area contributed by atoms with Gasteiger partial charge in [0.1, 0.15) is 0 Å². The Labute approximate surface area is 139 Å². The molecule has 0 aliphatic carbocycles. The fourth-order valence-corrected chi connectivity index (χ4v) is 1.84. The van der Waals surface area contributed by atoms with Crippen LogP contribution in [-0.2, 0) is 4.79 Å². The number of amides is 1. The van der Waals surface area contributed by atoms with E-state index in [2.05, 4.69) is 16.0 Å². The van der Waals surface area contributed by atoms with Gasteiger partial charge in [0.25, 0.3) is 5.69 Å². The van der Waals surface area contributed by atoms with Gasteiger partial charge in [-0.2, -0.15) is 0 Å². The van der Waals surface area contributed by atoms with Gasteiger partial charge in [-0.3, -0.25) is 14.9 Å². The first-order valence-corrected chi connectivity index (χ1v) is 7.43. The third-order valence-corrected chi connectivity index (χ3v) is 3.36. The van der Waals surface area contributed by atoms with Crippen LogP contribution < -0.4 is 16.0 Å². The number of nitro benzene ring substituents is 1. The van der Waals surface area contributed by atoms with Crippen molar-refractivity contribution in [3.8, 4) is 0 Å². The van der Waals surface area contributed by atoms with Crippen molar-refractivity contribution < 1.29 is 14.8 Å². The summed E-state index contributed by atoms with van der Waals surface area (Å²) in [5.41, 5.74) is -0.0283. The number of hydrogen-bond donors (Lipinski definition) is 4. The Morgan fingerprint density at radius 2 is 2.09 bits per heavy atom. The van der Waals surface area contributed by atoms with E-state index in [0.29, 0.717) is 18.8 Å². The Morgan fingerprint density at radius 1 is 1.39 bits per heavy atom. The summed E-state index contributed by atoms with van der Waals surface area (Å²) < 4.78 is 0. The van der Waals surface area contributed by atoms with Crippen LogP contribution >= 0.6 is 11.6 Å². The second-order valence-electron chi connectivity index (χ2n) is 5.59. The number of benzene rings is 1. The summed E-state index contributed by atoms with van der Waals surface area (Å²) in [5, 5.41) is 28.5. The van der Waals surface area contributed by atoms with Crippen molar-refractivity contribution in [3.05, 3.63) is 33.3 Å². The molecule has 128 valence electrons. The predicted octanol–water partition coefficient (Wildman–Crippen LogP) is 1.14. The van der Waals surface area contributed by atoms with E-state index in [9.17, 15) is 14.9 Å². The topological polar surface area (TPSA) is 117 Å². The molecule has 0 radical (unpaired) electrons. The van der Waals surface area contributed by atoms with Crippen LogP contribution in [0.3, 0.4) is 0 Å². The molecule has 0 atom stereocenters. The Hall–Kier alpha value is -1.90. The first-order valence-electron chi connectivity index (χ1n) is 7.05. The lowest BCUT2D eigenvalue weighted by Crippen LogP contribution is -2.48. The summed E-state index contributed by atoms with van der Waals surface area (Å²) in [4.78, 5) is 21.7. The molecule has 1 aromatic rings. The zero-order chi connectivity index (χ0) is 17.5. The van der Waals surface area contributed by atoms with Crippen LogP contribution in [0.25, 0.3) is 0 Å². The summed E-state index contributed by atoms with van der Waals surface area (Å²) in [6.07, 6.45) is 0. The summed E-state index contributed by atoms with van der Waals surface area (Å²) in [7, 11) is 0. The van der Waals surface area contributed by atoms with Gasteiger partial charge in [-0.15, -0.1) is 0 Å². The lowest BCUT2D eigenvalue weighted by molar-refractivity contribution is -0.384. The van der Waals surface area contributed by atoms with E-state index in [4.69, 9.17) is 16.7 Å². The SMILES string of the molecule is CC(C)(CO)NCC(=O)NCCNc1ccc([N+](=O)[O-])cc1Cl. The molecule has 0 saturated carbocycles. The highest BCUT2D eigenvalue weighted by Crippen LogP contribution is 2.26. The van der Waals surface area contributed by atoms with E-state index in [1.54, 1.807) is 13.8 Å². The van der Waals surface area contributed by atoms with E-state index >= 15 is 0 Å². The molecule has 4 N–H and O–H groups in total. The molecule has 0 bridgehead atoms. The first kappa shape index (κ1) is 19.1. The molecule has 1 rings (SSSR count). The number of nitrogens with one attached hydrogen (secondary N) is 3. The fourth-order valence-electron chi connectivity index (χ4n) is 1.60. The van der Waals surface area contributed by atoms with Gasteiger partial charge in [0, 0.05) is 30.8 Å². The average molecular weight is 345 g/mol. The first-order chi connectivity index (χ1) is 10.7. The number of halogens is 1. The van der Waals surface area contributed by atoms with E-state index in [1.807, 2.05) is 0 Å². The highest BCUT2D eigenvalue weighted by atomic mass is 35.5. The summed E-state index contributed by atoms with van der Waals surface area (Å²) in [6, 6.07) is 4.14. The Morgan fingerprint density at radius 3 is 2.65 bits per heavy atom. The van der Waals surface area contributed by atoms with E-state index in [1.165, 1.54) is 18.2 Å². The van der Waals surface area contributed by atoms with Crippen molar-refractivity contribution in [3.63, 3.8) is 0 Å². The second-order valence-corrected chi connectivity index (χ2v) is 6.00. The minimum atomic E-state index is -0.517. The number of aliphatic hydroxyl groups is 1. The number of nitro groups is 1. The van der Waals surface area contributed by atoms with Crippen LogP contribution in [0.1, 0.15) is 13.8 Å². The number of rotatable bonds is 9. The smallest absolute Gasteiger partial charge is 0.271 e. The molecule has 1 amide bonds. The number of anilines is 1. The molecule has 0 aromatic heterocycles. The van der Waals surface area contributed by atoms with Crippen LogP contribution in [0.4, 0.5) is 11.4 Å². The van der Waals surface area contributed by atoms with Gasteiger partial charge in [0.15, 0.2) is 0 Å². The van der Waals surface area contributed by atoms with E-state index in [-0.39, 0.29) is 29.8 Å². The minimum absolute atomic E-state index is 0.0690. The molecule has 8 nitrogen and oxygen atoms in total. The molecular formula is C14H21ClN4O4. The van der Waals surface area contributed by atoms with Gasteiger partial charge in [0.2, 0.25) is 5.91 Å². The van der Waals surface area contributed by atoms with Crippen molar-refractivity contribution >= 4 is 28.9 Å². The summed E-state index contributed by atoms with van der Waals surface area (Å²) in [5.74, 6) is -0.192. The highest BCUT2D eigenvalue weighted by molar-refractivity contribution is 6.33. The Balaban J connectivity index is 2.32. The maximum absolute atomic E-state index is 11.6. The Kier molecular flexibility index (Phi) is 7.21. The van der Waals surface area contributed by atoms with Gasteiger partial charge >= 0.3 is 0 Å². The molecular weight excluding hydrogens is 324 g/mol. The van der Waals surface area contributed by atoms with Crippen molar-refractivity contribution in [2.45, 2.75) is 19.4 Å². The van der Waals surface area contributed by atoms with Gasteiger partial charge in [-0.25, -0.2) is 0 Å². The molecule has 0 fully saturated rings. The van der Waals surface area contributed by atoms with E-state index < -0.39 is 10.5 Å². The van der Waals surface area contributed by atoms with Crippen LogP contribution in [0, 0.1) is 10.1 Å². The van der Waals surface area contributed by atoms with Gasteiger partial charge in [-0.05, 0) is 19.9 Å². The summed E-state index contributed by atoms with van der Waals surface area (Å²) >= 11 is 5.94. The Bertz CT molecular complexity index is 566. The minimum Gasteiger partial charge on any atom is -0.394 e. The zero-order valence-corrected chi connectivity index (χ0v) is 13.8. The molecule has 0 heterocycles. The van der Waals surface area contributed by atoms with Gasteiger partial charge in [0.05, 0.1) is 28.8 Å². The lowest BCUT2D eigenvalue weighted by Gasteiger charge is -2.23. The fraction of sp³-hybridized carbons (Fsp3) is 0.500. The molecule has 1 aromatic carbocycles. The molecule has 0 unspecified atom stereocenters. The molecule has 0 saturated heterocycles. The van der Waals surface area contributed by atoms with Crippen molar-refractivity contribution in [2.24, 2.45) is 0 Å². The number of carbonyl (C=O) groups excluding carboxylic acids is 1. The normalized spacial score (nSPS) is 11.1. The van der Waals surface area contributed by atoms with Crippen molar-refractivity contribution in [2.75, 3.05) is 31.6 Å². The van der Waals surface area contributed by atoms with Crippen molar-refractivity contribution in [1.82, 2.24) is 10.6 Å². The third kappa shape index (κ3) is 6.81. The maximum Gasteiger partial charge on any atom is 0.271 e. The van der Waals surface area contributed by atoms with E-state index in [0.717, 1.165) is 0 Å². The lowest BCUT2D eigenvalue weighted by atomic mass is 10.1. The van der Waals surface area contributed by atoms with Gasteiger partial charge < -0.3 is 21.1 Å². The summed E-state index contributed by atoms with van der Waals surface area (Å²) in [6.45, 7) is 4.41. The predicted molar refractivity (Wildman–Crippen MR) is 88.8 cm³/mol. The van der Waals surface area contributed by atoms with Crippen LogP contribution in [-0.4, -0.2) is 47.7 Å². The quantitative estimate of drug-likeness (QED) is 0.303. The van der Waals surface area contributed by atoms with Crippen LogP contribution in [0.15, 0.2) is 18.2 Å². The van der Waals surface area contributed by atoms with Gasteiger partial charge in [-0.1, -0.05) is 11.6 Å². The standard InChI is InChI=1S/C14H21ClN4O4/c1-14(2,9-20)18-8-13(21)17-6-5-16-12-4-3-10(19(22)23)7-11(12)15/h3-4,7,16,18,20H,5-6,8-9H2,1-2H3,(H,17,21). The highest BCUT2D eigenvalue weighted by Gasteiger charge is 2.16. The monoisotopic (exact) mass is 344 g/mol. The number of hydrogen-bond acceptors (Lipinski definition) is 6. The van der Waals surface area contributed by atoms with Crippen LogP contribution in [0.5, 0.6) is 0 Å². The largest absolute Gasteiger partial charge is 0.394 e. The van der Waals surface area contributed by atoms with Crippen LogP contribution in [0.2, 0.25) is 5.02 Å². The number of nitrogens with zero attached hydrogens (tertiary/aromatic N) is 1. The molecule has 0 aliphatic rings. The molecule has 9 heteroatoms. The maximum atomic E-state index is 11.6. The molecule has 23 heavy (non-hydrogen) atoms. The number of carbonyl (C=O) groups is 1. The number of non-ortho nitro benzene ring substituents is 1. The second kappa shape index (κ2) is 8.66. The molecule has 0 aliphatic heterocycles. The zero-order valence-electron chi connectivity index (χ0n) is 13.1.